The van der Waals surface area contributed by atoms with E-state index in [-0.39, 0.29) is 6.10 Å². The molecule has 0 aliphatic heterocycles. The van der Waals surface area contributed by atoms with Gasteiger partial charge in [0.05, 0.1) is 11.8 Å². The van der Waals surface area contributed by atoms with Crippen LogP contribution in [0.1, 0.15) is 13.8 Å². The van der Waals surface area contributed by atoms with Crippen LogP contribution in [0.3, 0.4) is 0 Å². The highest BCUT2D eigenvalue weighted by Crippen LogP contribution is 2.20. The molecule has 16 heavy (non-hydrogen) atoms. The molecule has 0 atom stereocenters. The molecule has 2 heterocycles. The Balaban J connectivity index is 2.36. The number of hydrogen-bond acceptors (Lipinski definition) is 5. The van der Waals surface area contributed by atoms with E-state index >= 15 is 0 Å². The van der Waals surface area contributed by atoms with Crippen molar-refractivity contribution in [3.05, 3.63) is 24.8 Å². The minimum Gasteiger partial charge on any atom is -0.473 e. The van der Waals surface area contributed by atoms with E-state index in [1.54, 1.807) is 23.1 Å². The van der Waals surface area contributed by atoms with Crippen LogP contribution in [0.4, 0.5) is 5.69 Å². The minimum atomic E-state index is 0.0285. The molecule has 2 aromatic heterocycles. The topological polar surface area (TPSA) is 78.8 Å². The van der Waals surface area contributed by atoms with Gasteiger partial charge in [-0.25, -0.2) is 9.67 Å². The fourth-order valence-corrected chi connectivity index (χ4v) is 1.21. The lowest BCUT2D eigenvalue weighted by Crippen LogP contribution is -2.10. The van der Waals surface area contributed by atoms with Crippen LogP contribution < -0.4 is 10.5 Å². The largest absolute Gasteiger partial charge is 0.473 e. The van der Waals surface area contributed by atoms with Gasteiger partial charge in [-0.1, -0.05) is 0 Å². The Morgan fingerprint density at radius 2 is 2.19 bits per heavy atom. The summed E-state index contributed by atoms with van der Waals surface area (Å²) in [7, 11) is 0. The first-order chi connectivity index (χ1) is 7.66. The number of nitrogen functional groups attached to an aromatic ring is 1. The normalized spacial score (nSPS) is 10.7. The number of nitrogens with two attached hydrogens (primary N) is 1. The first-order valence-corrected chi connectivity index (χ1v) is 4.95. The monoisotopic (exact) mass is 219 g/mol. The van der Waals surface area contributed by atoms with Gasteiger partial charge in [-0.15, -0.1) is 0 Å². The van der Waals surface area contributed by atoms with E-state index in [4.69, 9.17) is 10.5 Å². The molecule has 0 saturated carbocycles. The molecular weight excluding hydrogens is 206 g/mol. The van der Waals surface area contributed by atoms with Crippen molar-refractivity contribution in [2.75, 3.05) is 5.73 Å². The van der Waals surface area contributed by atoms with E-state index < -0.39 is 0 Å². The summed E-state index contributed by atoms with van der Waals surface area (Å²) < 4.78 is 7.03. The van der Waals surface area contributed by atoms with Crippen LogP contribution >= 0.6 is 0 Å². The van der Waals surface area contributed by atoms with Gasteiger partial charge in [0.15, 0.2) is 5.82 Å². The maximum atomic E-state index is 5.76. The molecule has 0 saturated heterocycles. The Bertz CT molecular complexity index is 466. The van der Waals surface area contributed by atoms with Gasteiger partial charge in [0, 0.05) is 0 Å². The summed E-state index contributed by atoms with van der Waals surface area (Å²) >= 11 is 0. The van der Waals surface area contributed by atoms with E-state index in [0.29, 0.717) is 17.4 Å². The molecule has 0 aliphatic rings. The molecule has 6 heteroatoms. The van der Waals surface area contributed by atoms with Crippen molar-refractivity contribution >= 4 is 5.69 Å². The van der Waals surface area contributed by atoms with Crippen LogP contribution in [0.2, 0.25) is 0 Å². The molecule has 0 unspecified atom stereocenters. The number of aromatic nitrogens is 4. The lowest BCUT2D eigenvalue weighted by atomic mass is 10.4. The predicted molar refractivity (Wildman–Crippen MR) is 59.3 cm³/mol. The first kappa shape index (κ1) is 10.4. The highest BCUT2D eigenvalue weighted by Gasteiger charge is 2.07. The summed E-state index contributed by atoms with van der Waals surface area (Å²) in [6.07, 6.45) is 3.04. The summed E-state index contributed by atoms with van der Waals surface area (Å²) in [4.78, 5) is 8.12. The standard InChI is InChI=1S/C10H13N5O/c1-7(2)16-10-8(11)3-4-9(14-10)15-6-12-5-13-15/h3-7H,11H2,1-2H3. The summed E-state index contributed by atoms with van der Waals surface area (Å²) in [5, 5.41) is 3.98. The fraction of sp³-hybridized carbons (Fsp3) is 0.300. The van der Waals surface area contributed by atoms with Gasteiger partial charge in [-0.05, 0) is 26.0 Å². The molecule has 0 aliphatic carbocycles. The number of pyridine rings is 1. The van der Waals surface area contributed by atoms with Crippen LogP contribution in [0.25, 0.3) is 5.82 Å². The first-order valence-electron chi connectivity index (χ1n) is 4.95. The molecule has 0 aromatic carbocycles. The number of nitrogens with zero attached hydrogens (tertiary/aromatic N) is 4. The summed E-state index contributed by atoms with van der Waals surface area (Å²) in [6.45, 7) is 3.84. The van der Waals surface area contributed by atoms with Crippen molar-refractivity contribution in [2.45, 2.75) is 20.0 Å². The molecule has 2 N–H and O–H groups in total. The second kappa shape index (κ2) is 4.18. The highest BCUT2D eigenvalue weighted by molar-refractivity contribution is 5.50. The number of hydrogen-bond donors (Lipinski definition) is 1. The maximum absolute atomic E-state index is 5.76. The van der Waals surface area contributed by atoms with Crippen molar-refractivity contribution in [2.24, 2.45) is 0 Å². The molecule has 0 spiro atoms. The van der Waals surface area contributed by atoms with Crippen LogP contribution in [0.5, 0.6) is 5.88 Å². The average molecular weight is 219 g/mol. The van der Waals surface area contributed by atoms with Crippen molar-refractivity contribution < 1.29 is 4.74 Å². The average Bonchev–Trinajstić information content (AvgIpc) is 2.73. The second-order valence-corrected chi connectivity index (χ2v) is 3.57. The summed E-state index contributed by atoms with van der Waals surface area (Å²) in [5.74, 6) is 1.05. The predicted octanol–water partition coefficient (Wildman–Crippen LogP) is 1.03. The maximum Gasteiger partial charge on any atom is 0.239 e. The third-order valence-corrected chi connectivity index (χ3v) is 1.88. The lowest BCUT2D eigenvalue weighted by Gasteiger charge is -2.11. The SMILES string of the molecule is CC(C)Oc1nc(-n2cncn2)ccc1N. The number of rotatable bonds is 3. The van der Waals surface area contributed by atoms with Crippen LogP contribution in [-0.2, 0) is 0 Å². The third kappa shape index (κ3) is 2.10. The Hall–Kier alpha value is -2.11. The zero-order valence-corrected chi connectivity index (χ0v) is 9.16. The molecule has 84 valence electrons. The van der Waals surface area contributed by atoms with Crippen molar-refractivity contribution in [1.82, 2.24) is 19.7 Å². The smallest absolute Gasteiger partial charge is 0.239 e. The summed E-state index contributed by atoms with van der Waals surface area (Å²) in [6, 6.07) is 3.50. The molecule has 0 radical (unpaired) electrons. The molecule has 6 nitrogen and oxygen atoms in total. The van der Waals surface area contributed by atoms with Crippen molar-refractivity contribution in [3.8, 4) is 11.7 Å². The van der Waals surface area contributed by atoms with E-state index in [1.165, 1.54) is 6.33 Å². The van der Waals surface area contributed by atoms with Crippen LogP contribution in [0.15, 0.2) is 24.8 Å². The number of anilines is 1. The van der Waals surface area contributed by atoms with Gasteiger partial charge in [-0.2, -0.15) is 10.1 Å². The molecule has 2 rings (SSSR count). The molecule has 0 amide bonds. The third-order valence-electron chi connectivity index (χ3n) is 1.88. The number of ether oxygens (including phenoxy) is 1. The van der Waals surface area contributed by atoms with Crippen LogP contribution in [0, 0.1) is 0 Å². The Morgan fingerprint density at radius 3 is 2.81 bits per heavy atom. The van der Waals surface area contributed by atoms with Gasteiger partial charge < -0.3 is 10.5 Å². The lowest BCUT2D eigenvalue weighted by molar-refractivity contribution is 0.234. The van der Waals surface area contributed by atoms with Crippen molar-refractivity contribution in [1.29, 1.82) is 0 Å². The van der Waals surface area contributed by atoms with Gasteiger partial charge in [0.25, 0.3) is 0 Å². The zero-order chi connectivity index (χ0) is 11.5. The van der Waals surface area contributed by atoms with E-state index in [0.717, 1.165) is 0 Å². The second-order valence-electron chi connectivity index (χ2n) is 3.57. The molecule has 2 aromatic rings. The van der Waals surface area contributed by atoms with Crippen LogP contribution in [-0.4, -0.2) is 25.9 Å². The zero-order valence-electron chi connectivity index (χ0n) is 9.16. The van der Waals surface area contributed by atoms with E-state index in [9.17, 15) is 0 Å². The molecular formula is C10H13N5O. The molecule has 0 bridgehead atoms. The van der Waals surface area contributed by atoms with Gasteiger partial charge in [0.2, 0.25) is 5.88 Å². The van der Waals surface area contributed by atoms with Gasteiger partial charge in [0.1, 0.15) is 12.7 Å². The Labute approximate surface area is 93.1 Å². The Morgan fingerprint density at radius 1 is 1.38 bits per heavy atom. The quantitative estimate of drug-likeness (QED) is 0.834. The van der Waals surface area contributed by atoms with Crippen molar-refractivity contribution in [3.63, 3.8) is 0 Å². The fourth-order valence-electron chi connectivity index (χ4n) is 1.21. The molecule has 0 fully saturated rings. The van der Waals surface area contributed by atoms with E-state index in [2.05, 4.69) is 15.1 Å². The Kier molecular flexibility index (Phi) is 2.72. The van der Waals surface area contributed by atoms with Gasteiger partial charge in [-0.3, -0.25) is 0 Å². The minimum absolute atomic E-state index is 0.0285. The van der Waals surface area contributed by atoms with E-state index in [1.807, 2.05) is 13.8 Å². The van der Waals surface area contributed by atoms with Gasteiger partial charge >= 0.3 is 0 Å². The highest BCUT2D eigenvalue weighted by atomic mass is 16.5. The summed E-state index contributed by atoms with van der Waals surface area (Å²) in [5.41, 5.74) is 6.27.